The van der Waals surface area contributed by atoms with Crippen LogP contribution in [0.1, 0.15) is 85.0 Å². The Morgan fingerprint density at radius 2 is 1.23 bits per heavy atom. The maximum absolute atomic E-state index is 14.1. The van der Waals surface area contributed by atoms with Gasteiger partial charge in [0.1, 0.15) is 9.52 Å². The SMILES string of the molecule is CCCCCC(C)CCCCCCC(C)[SiH2]C1Oc2ccc(-c3ccc(OCC(F)(F)C(F)(F)C(F)(F)C(F)(F)C(F)(F)C(F)(F)F)nc3)cc2O1. The topological polar surface area (TPSA) is 40.6 Å². The molecule has 2 heterocycles. The van der Waals surface area contributed by atoms with E-state index < -0.39 is 63.7 Å². The molecule has 0 N–H and O–H groups in total. The number of rotatable bonds is 21. The summed E-state index contributed by atoms with van der Waals surface area (Å²) in [5, 5.41) is 0. The third-order valence-electron chi connectivity index (χ3n) is 8.97. The molecule has 0 bridgehead atoms. The zero-order valence-corrected chi connectivity index (χ0v) is 30.2. The minimum Gasteiger partial charge on any atom is -0.471 e. The molecule has 3 rings (SSSR count). The Hall–Kier alpha value is -2.92. The molecule has 1 aliphatic heterocycles. The Balaban J connectivity index is 1.51. The maximum atomic E-state index is 14.1. The molecule has 3 atom stereocenters. The lowest BCUT2D eigenvalue weighted by molar-refractivity contribution is -0.440. The average Bonchev–Trinajstić information content (AvgIpc) is 3.46. The van der Waals surface area contributed by atoms with E-state index in [2.05, 4.69) is 30.5 Å². The average molecular weight is 788 g/mol. The summed E-state index contributed by atoms with van der Waals surface area (Å²) in [4.78, 5) is 3.57. The van der Waals surface area contributed by atoms with Gasteiger partial charge in [-0.2, -0.15) is 57.1 Å². The molecule has 1 aromatic heterocycles. The van der Waals surface area contributed by atoms with E-state index in [1.807, 2.05) is 0 Å². The minimum absolute atomic E-state index is 0.306. The van der Waals surface area contributed by atoms with Gasteiger partial charge in [0, 0.05) is 17.8 Å². The van der Waals surface area contributed by atoms with Crippen LogP contribution in [-0.2, 0) is 0 Å². The zero-order valence-electron chi connectivity index (χ0n) is 28.8. The van der Waals surface area contributed by atoms with Crippen LogP contribution < -0.4 is 14.2 Å². The first-order valence-electron chi connectivity index (χ1n) is 17.0. The van der Waals surface area contributed by atoms with Crippen LogP contribution in [-0.4, -0.2) is 62.8 Å². The number of ether oxygens (including phenoxy) is 3. The standard InChI is InChI=1S/C34H42F13NO3Si/c1-4-5-8-11-21(2)12-9-6-7-10-13-22(3)52-28-50-25-16-14-23(18-26(25)51-28)24-15-17-27(48-19-24)49-20-29(35,36)30(37,38)31(39,40)32(41,42)33(43,44)34(45,46)47/h14-19,21-22,28H,4-13,20,52H2,1-3H3. The number of nitrogens with zero attached hydrogens (tertiary/aromatic N) is 1. The van der Waals surface area contributed by atoms with Gasteiger partial charge in [-0.25, -0.2) is 4.98 Å². The van der Waals surface area contributed by atoms with E-state index in [-0.39, 0.29) is 0 Å². The summed E-state index contributed by atoms with van der Waals surface area (Å²) >= 11 is 0. The number of hydrogen-bond acceptors (Lipinski definition) is 4. The molecule has 0 fully saturated rings. The Bertz CT molecular complexity index is 1420. The Labute approximate surface area is 295 Å². The minimum atomic E-state index is -7.97. The lowest BCUT2D eigenvalue weighted by atomic mass is 9.94. The predicted molar refractivity (Wildman–Crippen MR) is 170 cm³/mol. The first-order valence-corrected chi connectivity index (χ1v) is 18.6. The molecular formula is C34H42F13NO3Si. The van der Waals surface area contributed by atoms with Gasteiger partial charge >= 0.3 is 35.8 Å². The lowest BCUT2D eigenvalue weighted by Crippen LogP contribution is -2.70. The van der Waals surface area contributed by atoms with Crippen LogP contribution in [0.15, 0.2) is 36.5 Å². The highest BCUT2D eigenvalue weighted by molar-refractivity contribution is 6.38. The first kappa shape index (κ1) is 43.5. The predicted octanol–water partition coefficient (Wildman–Crippen LogP) is 11.5. The third-order valence-corrected chi connectivity index (χ3v) is 10.9. The first-order chi connectivity index (χ1) is 24.0. The molecule has 52 heavy (non-hydrogen) atoms. The van der Waals surface area contributed by atoms with Gasteiger partial charge in [-0.1, -0.05) is 91.0 Å². The molecule has 2 aromatic rings. The van der Waals surface area contributed by atoms with Crippen LogP contribution in [0.2, 0.25) is 5.54 Å². The molecule has 0 amide bonds. The molecule has 18 heteroatoms. The van der Waals surface area contributed by atoms with E-state index in [4.69, 9.17) is 9.47 Å². The molecule has 1 aromatic carbocycles. The summed E-state index contributed by atoms with van der Waals surface area (Å²) in [6, 6.07) is 6.83. The Morgan fingerprint density at radius 1 is 0.673 bits per heavy atom. The van der Waals surface area contributed by atoms with E-state index in [9.17, 15) is 57.1 Å². The number of fused-ring (bicyclic) bond motifs is 1. The fourth-order valence-electron chi connectivity index (χ4n) is 5.65. The summed E-state index contributed by atoms with van der Waals surface area (Å²) in [5.41, 5.74) is 1.24. The van der Waals surface area contributed by atoms with Gasteiger partial charge in [-0.15, -0.1) is 0 Å². The van der Waals surface area contributed by atoms with Crippen molar-refractivity contribution in [2.24, 2.45) is 5.92 Å². The second-order valence-corrected chi connectivity index (χ2v) is 16.0. The number of halogens is 13. The van der Waals surface area contributed by atoms with Crippen molar-refractivity contribution >= 4 is 9.52 Å². The van der Waals surface area contributed by atoms with Crippen molar-refractivity contribution in [2.75, 3.05) is 6.61 Å². The number of unbranched alkanes of at least 4 members (excludes halogenated alkanes) is 5. The smallest absolute Gasteiger partial charge is 0.460 e. The molecular weight excluding hydrogens is 745 g/mol. The van der Waals surface area contributed by atoms with Crippen LogP contribution >= 0.6 is 0 Å². The van der Waals surface area contributed by atoms with Gasteiger partial charge in [-0.05, 0) is 35.2 Å². The quantitative estimate of drug-likeness (QED) is 0.0718. The summed E-state index contributed by atoms with van der Waals surface area (Å²) in [6.45, 7) is 3.86. The molecule has 1 aliphatic rings. The Morgan fingerprint density at radius 3 is 1.81 bits per heavy atom. The molecule has 4 nitrogen and oxygen atoms in total. The van der Waals surface area contributed by atoms with Gasteiger partial charge in [0.05, 0.1) is 0 Å². The van der Waals surface area contributed by atoms with Gasteiger partial charge in [0.25, 0.3) is 0 Å². The highest BCUT2D eigenvalue weighted by atomic mass is 28.2. The normalized spacial score (nSPS) is 17.2. The van der Waals surface area contributed by atoms with Crippen molar-refractivity contribution in [1.29, 1.82) is 0 Å². The molecule has 0 saturated carbocycles. The molecule has 0 saturated heterocycles. The number of aromatic nitrogens is 1. The molecule has 0 radical (unpaired) electrons. The van der Waals surface area contributed by atoms with E-state index >= 15 is 0 Å². The van der Waals surface area contributed by atoms with Crippen LogP contribution in [0.3, 0.4) is 0 Å². The zero-order chi connectivity index (χ0) is 39.2. The van der Waals surface area contributed by atoms with Crippen LogP contribution in [0.25, 0.3) is 11.1 Å². The van der Waals surface area contributed by atoms with Crippen molar-refractivity contribution in [3.8, 4) is 28.5 Å². The van der Waals surface area contributed by atoms with E-state index in [0.717, 1.165) is 31.0 Å². The molecule has 3 unspecified atom stereocenters. The lowest BCUT2D eigenvalue weighted by Gasteiger charge is -2.39. The van der Waals surface area contributed by atoms with Crippen molar-refractivity contribution in [3.63, 3.8) is 0 Å². The van der Waals surface area contributed by atoms with Crippen molar-refractivity contribution in [3.05, 3.63) is 36.5 Å². The summed E-state index contributed by atoms with van der Waals surface area (Å²) in [5.74, 6) is -37.1. The van der Waals surface area contributed by atoms with Crippen molar-refractivity contribution in [2.45, 2.75) is 132 Å². The Kier molecular flexibility index (Phi) is 14.2. The number of pyridine rings is 1. The van der Waals surface area contributed by atoms with Crippen molar-refractivity contribution in [1.82, 2.24) is 4.98 Å². The van der Waals surface area contributed by atoms with Gasteiger partial charge in [0.15, 0.2) is 18.1 Å². The van der Waals surface area contributed by atoms with E-state index in [0.29, 0.717) is 28.2 Å². The number of alkyl halides is 13. The van der Waals surface area contributed by atoms with Crippen LogP contribution in [0.5, 0.6) is 17.4 Å². The molecule has 0 aliphatic carbocycles. The van der Waals surface area contributed by atoms with Gasteiger partial charge in [-0.3, -0.25) is 0 Å². The number of benzene rings is 1. The van der Waals surface area contributed by atoms with Crippen LogP contribution in [0.4, 0.5) is 57.1 Å². The van der Waals surface area contributed by atoms with Crippen LogP contribution in [0, 0.1) is 5.92 Å². The highest BCUT2D eigenvalue weighted by Crippen LogP contribution is 2.60. The molecule has 296 valence electrons. The van der Waals surface area contributed by atoms with Gasteiger partial charge < -0.3 is 14.2 Å². The third kappa shape index (κ3) is 9.78. The summed E-state index contributed by atoms with van der Waals surface area (Å²) in [7, 11) is -0.819. The van der Waals surface area contributed by atoms with Gasteiger partial charge in [0.2, 0.25) is 11.8 Å². The summed E-state index contributed by atoms with van der Waals surface area (Å²) < 4.78 is 189. The largest absolute Gasteiger partial charge is 0.471 e. The maximum Gasteiger partial charge on any atom is 0.460 e. The van der Waals surface area contributed by atoms with E-state index in [1.54, 1.807) is 18.2 Å². The second-order valence-electron chi connectivity index (χ2n) is 13.4. The second kappa shape index (κ2) is 17.0. The fraction of sp³-hybridized carbons (Fsp3) is 0.676. The monoisotopic (exact) mass is 787 g/mol. The number of hydrogen-bond donors (Lipinski definition) is 0. The molecule has 0 spiro atoms. The highest BCUT2D eigenvalue weighted by Gasteiger charge is 2.90. The fourth-order valence-corrected chi connectivity index (χ4v) is 7.38. The summed E-state index contributed by atoms with van der Waals surface area (Å²) in [6.07, 6.45) is 5.69. The van der Waals surface area contributed by atoms with Crippen molar-refractivity contribution < 1.29 is 71.3 Å². The van der Waals surface area contributed by atoms with E-state index in [1.165, 1.54) is 57.4 Å².